The third-order valence-corrected chi connectivity index (χ3v) is 3.28. The maximum atomic E-state index is 11.8. The molecule has 1 fully saturated rings. The number of carbonyl (C=O) groups is 2. The molecular weight excluding hydrogens is 234 g/mol. The van der Waals surface area contributed by atoms with Gasteiger partial charge in [-0.2, -0.15) is 0 Å². The van der Waals surface area contributed by atoms with Crippen LogP contribution in [-0.4, -0.2) is 49.7 Å². The molecule has 1 aliphatic rings. The van der Waals surface area contributed by atoms with E-state index in [4.69, 9.17) is 9.47 Å². The van der Waals surface area contributed by atoms with Crippen molar-refractivity contribution in [1.29, 1.82) is 0 Å². The molecule has 1 heterocycles. The van der Waals surface area contributed by atoms with E-state index in [-0.39, 0.29) is 23.9 Å². The lowest BCUT2D eigenvalue weighted by molar-refractivity contribution is -0.153. The van der Waals surface area contributed by atoms with Gasteiger partial charge in [0.1, 0.15) is 6.04 Å². The second-order valence-electron chi connectivity index (χ2n) is 4.68. The molecule has 0 N–H and O–H groups in total. The van der Waals surface area contributed by atoms with Crippen molar-refractivity contribution >= 4 is 11.9 Å². The van der Waals surface area contributed by atoms with Crippen LogP contribution in [0.15, 0.2) is 0 Å². The quantitative estimate of drug-likeness (QED) is 0.693. The van der Waals surface area contributed by atoms with Gasteiger partial charge in [0.2, 0.25) is 0 Å². The molecule has 0 aromatic heterocycles. The number of nitrogens with zero attached hydrogens (tertiary/aromatic N) is 1. The van der Waals surface area contributed by atoms with Crippen LogP contribution in [0.2, 0.25) is 0 Å². The molecule has 104 valence electrons. The summed E-state index contributed by atoms with van der Waals surface area (Å²) < 4.78 is 9.80. The number of hydrogen-bond donors (Lipinski definition) is 0. The van der Waals surface area contributed by atoms with Crippen LogP contribution < -0.4 is 0 Å². The molecule has 1 aliphatic heterocycles. The van der Waals surface area contributed by atoms with Gasteiger partial charge in [0, 0.05) is 6.54 Å². The smallest absolute Gasteiger partial charge is 0.323 e. The summed E-state index contributed by atoms with van der Waals surface area (Å²) >= 11 is 0. The zero-order valence-corrected chi connectivity index (χ0v) is 11.5. The summed E-state index contributed by atoms with van der Waals surface area (Å²) in [4.78, 5) is 25.3. The predicted molar refractivity (Wildman–Crippen MR) is 67.0 cm³/mol. The largest absolute Gasteiger partial charge is 0.469 e. The summed E-state index contributed by atoms with van der Waals surface area (Å²) in [5, 5.41) is 0. The van der Waals surface area contributed by atoms with E-state index >= 15 is 0 Å². The van der Waals surface area contributed by atoms with E-state index < -0.39 is 0 Å². The number of likely N-dealkylation sites (tertiary alicyclic amines) is 1. The van der Waals surface area contributed by atoms with Crippen molar-refractivity contribution in [2.24, 2.45) is 5.92 Å². The summed E-state index contributed by atoms with van der Waals surface area (Å²) in [7, 11) is 1.39. The third kappa shape index (κ3) is 3.98. The fourth-order valence-electron chi connectivity index (χ4n) is 2.34. The molecule has 1 saturated heterocycles. The van der Waals surface area contributed by atoms with Gasteiger partial charge in [-0.05, 0) is 26.3 Å². The Morgan fingerprint density at radius 2 is 2.11 bits per heavy atom. The van der Waals surface area contributed by atoms with E-state index in [0.717, 1.165) is 25.8 Å². The molecule has 0 saturated carbocycles. The Balaban J connectivity index is 2.59. The van der Waals surface area contributed by atoms with Crippen molar-refractivity contribution in [2.45, 2.75) is 39.2 Å². The van der Waals surface area contributed by atoms with E-state index in [2.05, 4.69) is 0 Å². The molecule has 1 rings (SSSR count). The number of piperidine rings is 1. The highest BCUT2D eigenvalue weighted by molar-refractivity contribution is 5.76. The average molecular weight is 257 g/mol. The second kappa shape index (κ2) is 7.36. The van der Waals surface area contributed by atoms with Gasteiger partial charge in [-0.3, -0.25) is 14.5 Å². The molecule has 2 unspecified atom stereocenters. The van der Waals surface area contributed by atoms with E-state index in [1.54, 1.807) is 0 Å². The van der Waals surface area contributed by atoms with Crippen molar-refractivity contribution < 1.29 is 19.1 Å². The second-order valence-corrected chi connectivity index (χ2v) is 4.68. The van der Waals surface area contributed by atoms with Crippen molar-refractivity contribution in [3.63, 3.8) is 0 Å². The first-order chi connectivity index (χ1) is 8.60. The van der Waals surface area contributed by atoms with Gasteiger partial charge in [-0.1, -0.05) is 13.3 Å². The number of rotatable bonds is 5. The van der Waals surface area contributed by atoms with E-state index in [1.165, 1.54) is 7.11 Å². The molecule has 5 nitrogen and oxygen atoms in total. The van der Waals surface area contributed by atoms with Gasteiger partial charge < -0.3 is 9.47 Å². The molecule has 0 aromatic carbocycles. The first kappa shape index (κ1) is 15.0. The van der Waals surface area contributed by atoms with Crippen LogP contribution >= 0.6 is 0 Å². The van der Waals surface area contributed by atoms with E-state index in [0.29, 0.717) is 13.2 Å². The Morgan fingerprint density at radius 3 is 2.72 bits per heavy atom. The van der Waals surface area contributed by atoms with Crippen LogP contribution in [0.1, 0.15) is 33.1 Å². The highest BCUT2D eigenvalue weighted by Crippen LogP contribution is 2.19. The highest BCUT2D eigenvalue weighted by Gasteiger charge is 2.31. The van der Waals surface area contributed by atoms with Crippen molar-refractivity contribution in [3.8, 4) is 0 Å². The Labute approximate surface area is 108 Å². The van der Waals surface area contributed by atoms with Crippen LogP contribution in [0.4, 0.5) is 0 Å². The molecule has 0 spiro atoms. The topological polar surface area (TPSA) is 55.8 Å². The standard InChI is InChI=1S/C13H23NO4/c1-4-18-13(16)11-7-5-6-8-14(11)9-10(2)12(15)17-3/h10-11H,4-9H2,1-3H3. The van der Waals surface area contributed by atoms with Gasteiger partial charge in [0.25, 0.3) is 0 Å². The lowest BCUT2D eigenvalue weighted by Crippen LogP contribution is -2.48. The summed E-state index contributed by atoms with van der Waals surface area (Å²) in [5.74, 6) is -0.623. The van der Waals surface area contributed by atoms with Crippen molar-refractivity contribution in [2.75, 3.05) is 26.8 Å². The van der Waals surface area contributed by atoms with Crippen molar-refractivity contribution in [1.82, 2.24) is 4.90 Å². The molecule has 0 aliphatic carbocycles. The first-order valence-corrected chi connectivity index (χ1v) is 6.58. The molecular formula is C13H23NO4. The van der Waals surface area contributed by atoms with Crippen LogP contribution in [0.3, 0.4) is 0 Å². The number of carbonyl (C=O) groups excluding carboxylic acids is 2. The van der Waals surface area contributed by atoms with Gasteiger partial charge in [0.05, 0.1) is 19.6 Å². The van der Waals surface area contributed by atoms with Gasteiger partial charge in [-0.25, -0.2) is 0 Å². The van der Waals surface area contributed by atoms with Gasteiger partial charge in [0.15, 0.2) is 0 Å². The van der Waals surface area contributed by atoms with Crippen LogP contribution in [0.25, 0.3) is 0 Å². The zero-order chi connectivity index (χ0) is 13.5. The lowest BCUT2D eigenvalue weighted by atomic mass is 10.00. The summed E-state index contributed by atoms with van der Waals surface area (Å²) in [6.07, 6.45) is 2.91. The Hall–Kier alpha value is -1.10. The summed E-state index contributed by atoms with van der Waals surface area (Å²) in [5.41, 5.74) is 0. The SMILES string of the molecule is CCOC(=O)C1CCCCN1CC(C)C(=O)OC. The number of esters is 2. The molecule has 0 amide bonds. The lowest BCUT2D eigenvalue weighted by Gasteiger charge is -2.35. The molecule has 2 atom stereocenters. The fourth-order valence-corrected chi connectivity index (χ4v) is 2.34. The minimum atomic E-state index is -0.233. The maximum Gasteiger partial charge on any atom is 0.323 e. The Bertz CT molecular complexity index is 293. The number of hydrogen-bond acceptors (Lipinski definition) is 5. The normalized spacial score (nSPS) is 22.3. The van der Waals surface area contributed by atoms with Gasteiger partial charge in [-0.15, -0.1) is 0 Å². The third-order valence-electron chi connectivity index (χ3n) is 3.28. The predicted octanol–water partition coefficient (Wildman–Crippen LogP) is 1.21. The minimum Gasteiger partial charge on any atom is -0.469 e. The fraction of sp³-hybridized carbons (Fsp3) is 0.846. The Kier molecular flexibility index (Phi) is 6.12. The molecule has 18 heavy (non-hydrogen) atoms. The summed E-state index contributed by atoms with van der Waals surface area (Å²) in [6.45, 7) is 5.42. The van der Waals surface area contributed by atoms with E-state index in [1.807, 2.05) is 18.7 Å². The monoisotopic (exact) mass is 257 g/mol. The number of ether oxygens (including phenoxy) is 2. The maximum absolute atomic E-state index is 11.8. The Morgan fingerprint density at radius 1 is 1.39 bits per heavy atom. The molecule has 0 aromatic rings. The molecule has 0 radical (unpaired) electrons. The molecule has 0 bridgehead atoms. The van der Waals surface area contributed by atoms with Crippen molar-refractivity contribution in [3.05, 3.63) is 0 Å². The first-order valence-electron chi connectivity index (χ1n) is 6.58. The van der Waals surface area contributed by atoms with Crippen LogP contribution in [0, 0.1) is 5.92 Å². The van der Waals surface area contributed by atoms with Crippen LogP contribution in [0.5, 0.6) is 0 Å². The molecule has 5 heteroatoms. The number of methoxy groups -OCH3 is 1. The average Bonchev–Trinajstić information content (AvgIpc) is 2.38. The minimum absolute atomic E-state index is 0.172. The summed E-state index contributed by atoms with van der Waals surface area (Å²) in [6, 6.07) is -0.203. The zero-order valence-electron chi connectivity index (χ0n) is 11.5. The van der Waals surface area contributed by atoms with E-state index in [9.17, 15) is 9.59 Å². The van der Waals surface area contributed by atoms with Crippen LogP contribution in [-0.2, 0) is 19.1 Å². The highest BCUT2D eigenvalue weighted by atomic mass is 16.5. The van der Waals surface area contributed by atoms with Gasteiger partial charge >= 0.3 is 11.9 Å².